The maximum atomic E-state index is 5.55. The van der Waals surface area contributed by atoms with E-state index in [2.05, 4.69) is 37.4 Å². The molecule has 0 saturated carbocycles. The molecule has 1 aromatic rings. The van der Waals surface area contributed by atoms with Crippen molar-refractivity contribution in [3.63, 3.8) is 0 Å². The van der Waals surface area contributed by atoms with Crippen molar-refractivity contribution in [2.75, 3.05) is 26.8 Å². The lowest BCUT2D eigenvalue weighted by Gasteiger charge is -2.09. The van der Waals surface area contributed by atoms with Gasteiger partial charge in [-0.05, 0) is 43.0 Å². The molecule has 1 aromatic carbocycles. The Hall–Kier alpha value is -0.860. The fraction of sp³-hybridized carbons (Fsp3) is 0.600. The molecule has 0 bridgehead atoms. The number of likely N-dealkylation sites (N-methyl/N-ethyl adjacent to an activating group) is 1. The molecule has 0 fully saturated rings. The van der Waals surface area contributed by atoms with Gasteiger partial charge in [-0.25, -0.2) is 0 Å². The third kappa shape index (κ3) is 4.88. The molecule has 0 aliphatic rings. The zero-order valence-electron chi connectivity index (χ0n) is 11.4. The quantitative estimate of drug-likeness (QED) is 0.699. The topological polar surface area (TPSA) is 21.3 Å². The number of hydrogen-bond acceptors (Lipinski definition) is 2. The van der Waals surface area contributed by atoms with Gasteiger partial charge in [0.05, 0.1) is 13.2 Å². The van der Waals surface area contributed by atoms with E-state index in [4.69, 9.17) is 4.74 Å². The van der Waals surface area contributed by atoms with Crippen LogP contribution in [-0.4, -0.2) is 26.8 Å². The first-order valence-electron chi connectivity index (χ1n) is 6.64. The molecule has 0 aliphatic carbocycles. The second-order valence-electron chi connectivity index (χ2n) is 4.28. The molecule has 2 heteroatoms. The highest BCUT2D eigenvalue weighted by Gasteiger charge is 2.01. The van der Waals surface area contributed by atoms with Crippen LogP contribution in [0.4, 0.5) is 0 Å². The van der Waals surface area contributed by atoms with Crippen LogP contribution >= 0.6 is 0 Å². The number of benzene rings is 1. The Morgan fingerprint density at radius 1 is 1.06 bits per heavy atom. The van der Waals surface area contributed by atoms with Gasteiger partial charge in [0.25, 0.3) is 0 Å². The van der Waals surface area contributed by atoms with Crippen LogP contribution in [0.5, 0.6) is 0 Å². The SMILES string of the molecule is CCc1ccc(CCOCCNC)cc1CC. The first-order valence-corrected chi connectivity index (χ1v) is 6.64. The molecule has 0 aromatic heterocycles. The van der Waals surface area contributed by atoms with Gasteiger partial charge in [0.1, 0.15) is 0 Å². The Bertz CT molecular complexity index is 323. The standard InChI is InChI=1S/C15H25NO/c1-4-14-7-6-13(12-15(14)5-2)8-10-17-11-9-16-3/h6-7,12,16H,4-5,8-11H2,1-3H3. The minimum Gasteiger partial charge on any atom is -0.380 e. The Balaban J connectivity index is 2.43. The number of aryl methyl sites for hydroxylation is 2. The van der Waals surface area contributed by atoms with Crippen LogP contribution in [0, 0.1) is 0 Å². The van der Waals surface area contributed by atoms with Crippen LogP contribution in [-0.2, 0) is 24.0 Å². The molecule has 0 atom stereocenters. The first kappa shape index (κ1) is 14.2. The number of rotatable bonds is 8. The Labute approximate surface area is 105 Å². The zero-order valence-corrected chi connectivity index (χ0v) is 11.4. The average molecular weight is 235 g/mol. The fourth-order valence-corrected chi connectivity index (χ4v) is 1.98. The molecule has 17 heavy (non-hydrogen) atoms. The molecule has 0 amide bonds. The monoisotopic (exact) mass is 235 g/mol. The second-order valence-corrected chi connectivity index (χ2v) is 4.28. The fourth-order valence-electron chi connectivity index (χ4n) is 1.98. The van der Waals surface area contributed by atoms with E-state index in [1.54, 1.807) is 0 Å². The highest BCUT2D eigenvalue weighted by Crippen LogP contribution is 2.14. The molecular weight excluding hydrogens is 210 g/mol. The lowest BCUT2D eigenvalue weighted by molar-refractivity contribution is 0.140. The summed E-state index contributed by atoms with van der Waals surface area (Å²) in [5, 5.41) is 3.07. The van der Waals surface area contributed by atoms with Crippen molar-refractivity contribution < 1.29 is 4.74 Å². The van der Waals surface area contributed by atoms with Gasteiger partial charge in [-0.2, -0.15) is 0 Å². The van der Waals surface area contributed by atoms with Gasteiger partial charge in [-0.15, -0.1) is 0 Å². The van der Waals surface area contributed by atoms with Gasteiger partial charge in [0.15, 0.2) is 0 Å². The number of ether oxygens (including phenoxy) is 1. The largest absolute Gasteiger partial charge is 0.380 e. The summed E-state index contributed by atoms with van der Waals surface area (Å²) in [5.74, 6) is 0. The molecular formula is C15H25NO. The van der Waals surface area contributed by atoms with Crippen LogP contribution in [0.1, 0.15) is 30.5 Å². The molecule has 0 heterocycles. The van der Waals surface area contributed by atoms with Gasteiger partial charge in [0, 0.05) is 6.54 Å². The predicted octanol–water partition coefficient (Wildman–Crippen LogP) is 2.59. The van der Waals surface area contributed by atoms with Gasteiger partial charge < -0.3 is 10.1 Å². The molecule has 2 nitrogen and oxygen atoms in total. The van der Waals surface area contributed by atoms with Crippen LogP contribution in [0.15, 0.2) is 18.2 Å². The van der Waals surface area contributed by atoms with E-state index < -0.39 is 0 Å². The zero-order chi connectivity index (χ0) is 12.5. The highest BCUT2D eigenvalue weighted by molar-refractivity contribution is 5.32. The molecule has 0 radical (unpaired) electrons. The first-order chi connectivity index (χ1) is 8.31. The van der Waals surface area contributed by atoms with Gasteiger partial charge in [-0.1, -0.05) is 32.0 Å². The summed E-state index contributed by atoms with van der Waals surface area (Å²) in [6.07, 6.45) is 3.26. The van der Waals surface area contributed by atoms with E-state index in [1.165, 1.54) is 16.7 Å². The van der Waals surface area contributed by atoms with Gasteiger partial charge in [-0.3, -0.25) is 0 Å². The van der Waals surface area contributed by atoms with E-state index in [1.807, 2.05) is 7.05 Å². The predicted molar refractivity (Wildman–Crippen MR) is 73.6 cm³/mol. The molecule has 1 rings (SSSR count). The number of hydrogen-bond donors (Lipinski definition) is 1. The lowest BCUT2D eigenvalue weighted by atomic mass is 9.99. The maximum absolute atomic E-state index is 5.55. The average Bonchev–Trinajstić information content (AvgIpc) is 2.38. The van der Waals surface area contributed by atoms with E-state index in [9.17, 15) is 0 Å². The summed E-state index contributed by atoms with van der Waals surface area (Å²) < 4.78 is 5.55. The van der Waals surface area contributed by atoms with Crippen LogP contribution in [0.3, 0.4) is 0 Å². The van der Waals surface area contributed by atoms with E-state index >= 15 is 0 Å². The van der Waals surface area contributed by atoms with E-state index in [0.29, 0.717) is 0 Å². The Kier molecular flexibility index (Phi) is 6.90. The normalized spacial score (nSPS) is 10.8. The second kappa shape index (κ2) is 8.26. The molecule has 96 valence electrons. The summed E-state index contributed by atoms with van der Waals surface area (Å²) >= 11 is 0. The van der Waals surface area contributed by atoms with E-state index in [0.717, 1.165) is 39.0 Å². The van der Waals surface area contributed by atoms with Crippen LogP contribution in [0.2, 0.25) is 0 Å². The van der Waals surface area contributed by atoms with Crippen molar-refractivity contribution in [3.05, 3.63) is 34.9 Å². The van der Waals surface area contributed by atoms with Crippen molar-refractivity contribution in [2.24, 2.45) is 0 Å². The van der Waals surface area contributed by atoms with Crippen molar-refractivity contribution in [3.8, 4) is 0 Å². The summed E-state index contributed by atoms with van der Waals surface area (Å²) in [6.45, 7) is 6.98. The minimum atomic E-state index is 0.796. The Morgan fingerprint density at radius 2 is 1.82 bits per heavy atom. The molecule has 0 aliphatic heterocycles. The van der Waals surface area contributed by atoms with Gasteiger partial charge in [0.2, 0.25) is 0 Å². The van der Waals surface area contributed by atoms with Crippen molar-refractivity contribution in [2.45, 2.75) is 33.1 Å². The highest BCUT2D eigenvalue weighted by atomic mass is 16.5. The Morgan fingerprint density at radius 3 is 2.47 bits per heavy atom. The lowest BCUT2D eigenvalue weighted by Crippen LogP contribution is -2.15. The number of nitrogens with one attached hydrogen (secondary N) is 1. The molecule has 0 spiro atoms. The van der Waals surface area contributed by atoms with Crippen LogP contribution in [0.25, 0.3) is 0 Å². The molecule has 0 saturated heterocycles. The minimum absolute atomic E-state index is 0.796. The van der Waals surface area contributed by atoms with Crippen molar-refractivity contribution >= 4 is 0 Å². The smallest absolute Gasteiger partial charge is 0.0590 e. The van der Waals surface area contributed by atoms with E-state index in [-0.39, 0.29) is 0 Å². The molecule has 0 unspecified atom stereocenters. The summed E-state index contributed by atoms with van der Waals surface area (Å²) in [4.78, 5) is 0. The van der Waals surface area contributed by atoms with Crippen LogP contribution < -0.4 is 5.32 Å². The maximum Gasteiger partial charge on any atom is 0.0590 e. The molecule has 1 N–H and O–H groups in total. The summed E-state index contributed by atoms with van der Waals surface area (Å²) in [5.41, 5.74) is 4.36. The summed E-state index contributed by atoms with van der Waals surface area (Å²) in [7, 11) is 1.94. The van der Waals surface area contributed by atoms with Gasteiger partial charge >= 0.3 is 0 Å². The summed E-state index contributed by atoms with van der Waals surface area (Å²) in [6, 6.07) is 6.83. The van der Waals surface area contributed by atoms with Crippen molar-refractivity contribution in [1.82, 2.24) is 5.32 Å². The van der Waals surface area contributed by atoms with Crippen molar-refractivity contribution in [1.29, 1.82) is 0 Å². The third-order valence-corrected chi connectivity index (χ3v) is 3.06. The third-order valence-electron chi connectivity index (χ3n) is 3.06.